The van der Waals surface area contributed by atoms with Crippen molar-refractivity contribution in [2.75, 3.05) is 31.1 Å². The van der Waals surface area contributed by atoms with E-state index >= 15 is 0 Å². The van der Waals surface area contributed by atoms with Crippen LogP contribution in [0, 0.1) is 10.1 Å². The molecule has 1 aromatic carbocycles. The van der Waals surface area contributed by atoms with Gasteiger partial charge in [-0.2, -0.15) is 0 Å². The SMILES string of the molecule is [2H]c1ccc(N2CCNCC2)c([2H])c1[N+](=O)[O-]. The summed E-state index contributed by atoms with van der Waals surface area (Å²) < 4.78 is 15.3. The highest BCUT2D eigenvalue weighted by atomic mass is 16.6. The lowest BCUT2D eigenvalue weighted by Crippen LogP contribution is -2.43. The van der Waals surface area contributed by atoms with Crippen LogP contribution in [0.15, 0.2) is 24.2 Å². The van der Waals surface area contributed by atoms with E-state index in [0.29, 0.717) is 5.69 Å². The van der Waals surface area contributed by atoms with Gasteiger partial charge in [-0.3, -0.25) is 10.1 Å². The zero-order valence-electron chi connectivity index (χ0n) is 10.2. The molecule has 1 fully saturated rings. The fourth-order valence-electron chi connectivity index (χ4n) is 1.59. The van der Waals surface area contributed by atoms with Crippen LogP contribution in [0.4, 0.5) is 11.4 Å². The third kappa shape index (κ3) is 2.24. The quantitative estimate of drug-likeness (QED) is 0.583. The highest BCUT2D eigenvalue weighted by molar-refractivity contribution is 5.53. The Morgan fingerprint density at radius 2 is 2.27 bits per heavy atom. The van der Waals surface area contributed by atoms with Gasteiger partial charge in [0.05, 0.1) is 7.66 Å². The van der Waals surface area contributed by atoms with E-state index in [-0.39, 0.29) is 12.1 Å². The Labute approximate surface area is 90.7 Å². The summed E-state index contributed by atoms with van der Waals surface area (Å²) in [6.07, 6.45) is 0. The first-order valence-electron chi connectivity index (χ1n) is 5.81. The molecule has 1 aliphatic heterocycles. The van der Waals surface area contributed by atoms with Crippen molar-refractivity contribution in [3.63, 3.8) is 0 Å². The van der Waals surface area contributed by atoms with Crippen molar-refractivity contribution in [1.82, 2.24) is 5.32 Å². The molecule has 5 heteroatoms. The third-order valence-corrected chi connectivity index (χ3v) is 2.35. The Morgan fingerprint density at radius 3 is 2.93 bits per heavy atom. The van der Waals surface area contributed by atoms with Crippen molar-refractivity contribution in [2.45, 2.75) is 0 Å². The number of nitrogens with one attached hydrogen (secondary N) is 1. The minimum atomic E-state index is -0.656. The summed E-state index contributed by atoms with van der Waals surface area (Å²) in [5.41, 5.74) is 0.121. The molecule has 0 spiro atoms. The fraction of sp³-hybridized carbons (Fsp3) is 0.400. The van der Waals surface area contributed by atoms with Crippen molar-refractivity contribution in [1.29, 1.82) is 0 Å². The van der Waals surface area contributed by atoms with Crippen molar-refractivity contribution in [3.05, 3.63) is 34.3 Å². The number of piperazine rings is 1. The van der Waals surface area contributed by atoms with Crippen molar-refractivity contribution < 1.29 is 7.66 Å². The predicted molar refractivity (Wildman–Crippen MR) is 58.2 cm³/mol. The van der Waals surface area contributed by atoms with Crippen LogP contribution in [0.25, 0.3) is 0 Å². The second kappa shape index (κ2) is 4.27. The average Bonchev–Trinajstić information content (AvgIpc) is 2.30. The first kappa shape index (κ1) is 7.64. The molecule has 1 saturated heterocycles. The average molecular weight is 209 g/mol. The molecule has 1 aliphatic rings. The van der Waals surface area contributed by atoms with Gasteiger partial charge in [0, 0.05) is 44.0 Å². The second-order valence-corrected chi connectivity index (χ2v) is 3.33. The lowest BCUT2D eigenvalue weighted by Gasteiger charge is -2.29. The maximum absolute atomic E-state index is 10.8. The third-order valence-electron chi connectivity index (χ3n) is 2.35. The maximum atomic E-state index is 10.8. The number of hydrogen-bond acceptors (Lipinski definition) is 4. The molecular formula is C10H13N3O2. The molecule has 1 aromatic rings. The maximum Gasteiger partial charge on any atom is 0.271 e. The summed E-state index contributed by atoms with van der Waals surface area (Å²) in [6.45, 7) is 3.05. The number of nitrogens with zero attached hydrogens (tertiary/aromatic N) is 2. The molecule has 1 heterocycles. The molecule has 0 aliphatic carbocycles. The van der Waals surface area contributed by atoms with E-state index in [1.54, 1.807) is 6.07 Å². The normalized spacial score (nSPS) is 18.3. The van der Waals surface area contributed by atoms with Gasteiger partial charge in [0.1, 0.15) is 0 Å². The van der Waals surface area contributed by atoms with Gasteiger partial charge in [0.25, 0.3) is 5.69 Å². The number of nitro benzene ring substituents is 1. The molecule has 0 saturated carbocycles. The minimum Gasteiger partial charge on any atom is -0.369 e. The van der Waals surface area contributed by atoms with Crippen LogP contribution < -0.4 is 10.2 Å². The van der Waals surface area contributed by atoms with Gasteiger partial charge in [-0.25, -0.2) is 0 Å². The van der Waals surface area contributed by atoms with Crippen LogP contribution in [-0.4, -0.2) is 31.1 Å². The highest BCUT2D eigenvalue weighted by Gasteiger charge is 2.13. The Bertz CT molecular complexity index is 447. The van der Waals surface area contributed by atoms with Crippen molar-refractivity contribution in [3.8, 4) is 0 Å². The molecule has 5 nitrogen and oxygen atoms in total. The molecule has 80 valence electrons. The van der Waals surface area contributed by atoms with Gasteiger partial charge in [0.2, 0.25) is 0 Å². The van der Waals surface area contributed by atoms with E-state index in [2.05, 4.69) is 5.32 Å². The van der Waals surface area contributed by atoms with E-state index in [1.165, 1.54) is 6.07 Å². The van der Waals surface area contributed by atoms with E-state index in [1.807, 2.05) is 4.90 Å². The largest absolute Gasteiger partial charge is 0.369 e. The Hall–Kier alpha value is -1.62. The monoisotopic (exact) mass is 209 g/mol. The van der Waals surface area contributed by atoms with Crippen LogP contribution in [0.1, 0.15) is 2.74 Å². The lowest BCUT2D eigenvalue weighted by atomic mass is 10.2. The van der Waals surface area contributed by atoms with Gasteiger partial charge >= 0.3 is 0 Å². The molecular weight excluding hydrogens is 194 g/mol. The van der Waals surface area contributed by atoms with Crippen molar-refractivity contribution >= 4 is 11.4 Å². The minimum absolute atomic E-state index is 0.163. The molecule has 0 bridgehead atoms. The van der Waals surface area contributed by atoms with E-state index in [9.17, 15) is 10.1 Å². The van der Waals surface area contributed by atoms with Crippen LogP contribution in [0.2, 0.25) is 0 Å². The first-order chi connectivity index (χ1) is 8.11. The summed E-state index contributed by atoms with van der Waals surface area (Å²) in [6, 6.07) is 2.62. The highest BCUT2D eigenvalue weighted by Crippen LogP contribution is 2.20. The second-order valence-electron chi connectivity index (χ2n) is 3.33. The summed E-state index contributed by atoms with van der Waals surface area (Å²) in [5.74, 6) is 0. The van der Waals surface area contributed by atoms with E-state index in [0.717, 1.165) is 26.2 Å². The van der Waals surface area contributed by atoms with E-state index in [4.69, 9.17) is 2.74 Å². The summed E-state index contributed by atoms with van der Waals surface area (Å²) in [7, 11) is 0. The zero-order valence-corrected chi connectivity index (χ0v) is 8.19. The summed E-state index contributed by atoms with van der Waals surface area (Å²) >= 11 is 0. The van der Waals surface area contributed by atoms with Crippen LogP contribution in [0.5, 0.6) is 0 Å². The smallest absolute Gasteiger partial charge is 0.271 e. The number of anilines is 1. The number of hydrogen-bond donors (Lipinski definition) is 1. The Kier molecular flexibility index (Phi) is 2.18. The van der Waals surface area contributed by atoms with Crippen LogP contribution in [-0.2, 0) is 0 Å². The number of benzene rings is 1. The Morgan fingerprint density at radius 1 is 1.53 bits per heavy atom. The summed E-state index contributed by atoms with van der Waals surface area (Å²) in [4.78, 5) is 12.1. The first-order valence-corrected chi connectivity index (χ1v) is 4.81. The Balaban J connectivity index is 2.41. The standard InChI is InChI=1S/C10H13N3O2/c14-13(15)10-3-1-2-9(8-10)12-6-4-11-5-7-12/h1-3,8,11H,4-7H2/i3D,8D. The molecule has 2 rings (SSSR count). The van der Waals surface area contributed by atoms with Gasteiger partial charge in [-0.1, -0.05) is 6.07 Å². The lowest BCUT2D eigenvalue weighted by molar-refractivity contribution is -0.384. The van der Waals surface area contributed by atoms with Crippen molar-refractivity contribution in [2.24, 2.45) is 0 Å². The predicted octanol–water partition coefficient (Wildman–Crippen LogP) is 1.00. The molecule has 0 radical (unpaired) electrons. The van der Waals surface area contributed by atoms with Gasteiger partial charge in [-0.05, 0) is 6.07 Å². The molecule has 0 amide bonds. The zero-order chi connectivity index (χ0) is 12.4. The summed E-state index contributed by atoms with van der Waals surface area (Å²) in [5, 5.41) is 14.0. The topological polar surface area (TPSA) is 58.4 Å². The number of rotatable bonds is 2. The molecule has 0 unspecified atom stereocenters. The number of nitro groups is 1. The molecule has 15 heavy (non-hydrogen) atoms. The van der Waals surface area contributed by atoms with Crippen LogP contribution >= 0.6 is 0 Å². The fourth-order valence-corrected chi connectivity index (χ4v) is 1.59. The van der Waals surface area contributed by atoms with Gasteiger partial charge in [-0.15, -0.1) is 0 Å². The van der Waals surface area contributed by atoms with Gasteiger partial charge < -0.3 is 10.2 Å². The molecule has 1 N–H and O–H groups in total. The van der Waals surface area contributed by atoms with Crippen LogP contribution in [0.3, 0.4) is 0 Å². The molecule has 0 aromatic heterocycles. The van der Waals surface area contributed by atoms with E-state index < -0.39 is 10.6 Å². The molecule has 0 atom stereocenters. The van der Waals surface area contributed by atoms with Gasteiger partial charge in [0.15, 0.2) is 0 Å².